The monoisotopic (exact) mass is 274 g/mol. The lowest BCUT2D eigenvalue weighted by atomic mass is 9.98. The van der Waals surface area contributed by atoms with Gasteiger partial charge in [-0.2, -0.15) is 0 Å². The average Bonchev–Trinajstić information content (AvgIpc) is 2.67. The summed E-state index contributed by atoms with van der Waals surface area (Å²) >= 11 is 0. The molecule has 2 N–H and O–H groups in total. The third kappa shape index (κ3) is 3.44. The summed E-state index contributed by atoms with van der Waals surface area (Å²) < 4.78 is 22.5. The summed E-state index contributed by atoms with van der Waals surface area (Å²) in [4.78, 5) is 22.8. The summed E-state index contributed by atoms with van der Waals surface area (Å²) in [5.74, 6) is 0.167. The lowest BCUT2D eigenvalue weighted by molar-refractivity contribution is -0.129. The molecule has 0 spiro atoms. The minimum absolute atomic E-state index is 0.0130. The van der Waals surface area contributed by atoms with E-state index in [-0.39, 0.29) is 35.2 Å². The van der Waals surface area contributed by atoms with Crippen molar-refractivity contribution in [2.45, 2.75) is 19.3 Å². The van der Waals surface area contributed by atoms with Gasteiger partial charge < -0.3 is 10.6 Å². The Morgan fingerprint density at radius 3 is 2.72 bits per heavy atom. The van der Waals surface area contributed by atoms with Crippen molar-refractivity contribution in [3.05, 3.63) is 0 Å². The first-order valence-corrected chi connectivity index (χ1v) is 8.03. The minimum Gasteiger partial charge on any atom is -0.355 e. The van der Waals surface area contributed by atoms with Gasteiger partial charge in [0, 0.05) is 19.5 Å². The van der Waals surface area contributed by atoms with Gasteiger partial charge in [0.15, 0.2) is 9.84 Å². The Balaban J connectivity index is 1.74. The molecule has 6 nitrogen and oxygen atoms in total. The lowest BCUT2D eigenvalue weighted by Gasteiger charge is -2.22. The fraction of sp³-hybridized carbons (Fsp3) is 0.818. The summed E-state index contributed by atoms with van der Waals surface area (Å²) in [6, 6.07) is 0. The first kappa shape index (κ1) is 13.3. The molecular weight excluding hydrogens is 256 g/mol. The highest BCUT2D eigenvalue weighted by molar-refractivity contribution is 7.91. The Morgan fingerprint density at radius 2 is 2.17 bits per heavy atom. The van der Waals surface area contributed by atoms with Crippen molar-refractivity contribution >= 4 is 21.7 Å². The van der Waals surface area contributed by atoms with Gasteiger partial charge in [0.05, 0.1) is 17.4 Å². The number of sulfone groups is 1. The topological polar surface area (TPSA) is 92.3 Å². The summed E-state index contributed by atoms with van der Waals surface area (Å²) in [5, 5.41) is 5.45. The number of carbonyl (C=O) groups excluding carboxylic acids is 2. The molecule has 2 unspecified atom stereocenters. The van der Waals surface area contributed by atoms with Crippen LogP contribution in [0.15, 0.2) is 0 Å². The molecule has 0 radical (unpaired) electrons. The number of amides is 2. The second-order valence-corrected chi connectivity index (χ2v) is 7.28. The summed E-state index contributed by atoms with van der Waals surface area (Å²) in [5.41, 5.74) is 0. The highest BCUT2D eigenvalue weighted by Crippen LogP contribution is 2.18. The van der Waals surface area contributed by atoms with Crippen LogP contribution in [-0.4, -0.2) is 44.8 Å². The van der Waals surface area contributed by atoms with Crippen molar-refractivity contribution in [3.8, 4) is 0 Å². The van der Waals surface area contributed by atoms with E-state index in [1.807, 2.05) is 0 Å². The van der Waals surface area contributed by atoms with Crippen LogP contribution in [0, 0.1) is 11.8 Å². The van der Waals surface area contributed by atoms with Gasteiger partial charge in [-0.3, -0.25) is 9.59 Å². The molecule has 2 aliphatic heterocycles. The maximum absolute atomic E-state index is 11.8. The van der Waals surface area contributed by atoms with Crippen LogP contribution in [0.1, 0.15) is 19.3 Å². The molecule has 0 aliphatic carbocycles. The minimum atomic E-state index is -2.88. The first-order chi connectivity index (χ1) is 8.46. The molecule has 0 aromatic rings. The van der Waals surface area contributed by atoms with Gasteiger partial charge in [0.2, 0.25) is 11.8 Å². The maximum Gasteiger partial charge on any atom is 0.224 e. The zero-order valence-corrected chi connectivity index (χ0v) is 11.0. The Labute approximate surface area is 106 Å². The standard InChI is InChI=1S/C11H18N2O4S/c14-10-2-1-9(6-12-10)11(15)13-5-8-3-4-18(16,17)7-8/h8-9H,1-7H2,(H,12,14)(H,13,15). The molecule has 0 saturated carbocycles. The fourth-order valence-corrected chi connectivity index (χ4v) is 4.24. The van der Waals surface area contributed by atoms with Crippen molar-refractivity contribution in [3.63, 3.8) is 0 Å². The van der Waals surface area contributed by atoms with Gasteiger partial charge in [-0.15, -0.1) is 0 Å². The van der Waals surface area contributed by atoms with Gasteiger partial charge in [0.25, 0.3) is 0 Å². The maximum atomic E-state index is 11.8. The average molecular weight is 274 g/mol. The number of carbonyl (C=O) groups is 2. The van der Waals surface area contributed by atoms with E-state index < -0.39 is 9.84 Å². The van der Waals surface area contributed by atoms with E-state index in [0.717, 1.165) is 0 Å². The fourth-order valence-electron chi connectivity index (χ4n) is 2.38. The van der Waals surface area contributed by atoms with Crippen molar-refractivity contribution in [1.29, 1.82) is 0 Å². The third-order valence-corrected chi connectivity index (χ3v) is 5.36. The first-order valence-electron chi connectivity index (χ1n) is 6.21. The number of rotatable bonds is 3. The van der Waals surface area contributed by atoms with Crippen LogP contribution >= 0.6 is 0 Å². The molecule has 0 aromatic carbocycles. The molecule has 7 heteroatoms. The molecular formula is C11H18N2O4S. The molecule has 2 amide bonds. The molecule has 2 fully saturated rings. The number of hydrogen-bond donors (Lipinski definition) is 2. The van der Waals surface area contributed by atoms with Gasteiger partial charge in [-0.25, -0.2) is 8.42 Å². The molecule has 2 atom stereocenters. The molecule has 2 rings (SSSR count). The number of hydrogen-bond acceptors (Lipinski definition) is 4. The van der Waals surface area contributed by atoms with E-state index in [1.54, 1.807) is 0 Å². The molecule has 102 valence electrons. The van der Waals surface area contributed by atoms with Crippen LogP contribution in [0.25, 0.3) is 0 Å². The van der Waals surface area contributed by atoms with E-state index >= 15 is 0 Å². The summed E-state index contributed by atoms with van der Waals surface area (Å²) in [6.07, 6.45) is 1.58. The SMILES string of the molecule is O=C1CCC(C(=O)NCC2CCS(=O)(=O)C2)CN1. The second-order valence-electron chi connectivity index (χ2n) is 5.05. The lowest BCUT2D eigenvalue weighted by Crippen LogP contribution is -2.44. The summed E-state index contributed by atoms with van der Waals surface area (Å²) in [7, 11) is -2.88. The van der Waals surface area contributed by atoms with Gasteiger partial charge >= 0.3 is 0 Å². The third-order valence-electron chi connectivity index (χ3n) is 3.53. The zero-order chi connectivity index (χ0) is 13.2. The van der Waals surface area contributed by atoms with Crippen molar-refractivity contribution in [2.75, 3.05) is 24.6 Å². The Morgan fingerprint density at radius 1 is 1.39 bits per heavy atom. The molecule has 0 bridgehead atoms. The Kier molecular flexibility index (Phi) is 3.89. The Hall–Kier alpha value is -1.11. The quantitative estimate of drug-likeness (QED) is 0.695. The highest BCUT2D eigenvalue weighted by Gasteiger charge is 2.29. The van der Waals surface area contributed by atoms with Crippen LogP contribution in [0.3, 0.4) is 0 Å². The molecule has 18 heavy (non-hydrogen) atoms. The van der Waals surface area contributed by atoms with E-state index in [0.29, 0.717) is 32.4 Å². The van der Waals surface area contributed by atoms with Gasteiger partial charge in [-0.05, 0) is 18.8 Å². The smallest absolute Gasteiger partial charge is 0.224 e. The van der Waals surface area contributed by atoms with Crippen LogP contribution in [0.2, 0.25) is 0 Å². The van der Waals surface area contributed by atoms with E-state index in [4.69, 9.17) is 0 Å². The van der Waals surface area contributed by atoms with Gasteiger partial charge in [0.1, 0.15) is 0 Å². The number of piperidine rings is 1. The largest absolute Gasteiger partial charge is 0.355 e. The normalized spacial score (nSPS) is 30.8. The van der Waals surface area contributed by atoms with E-state index in [1.165, 1.54) is 0 Å². The molecule has 0 aromatic heterocycles. The van der Waals surface area contributed by atoms with Crippen LogP contribution in [0.5, 0.6) is 0 Å². The molecule has 2 heterocycles. The van der Waals surface area contributed by atoms with Crippen molar-refractivity contribution < 1.29 is 18.0 Å². The number of nitrogens with one attached hydrogen (secondary N) is 2. The predicted octanol–water partition coefficient (Wildman–Crippen LogP) is -0.936. The van der Waals surface area contributed by atoms with Crippen molar-refractivity contribution in [1.82, 2.24) is 10.6 Å². The predicted molar refractivity (Wildman–Crippen MR) is 65.5 cm³/mol. The zero-order valence-electron chi connectivity index (χ0n) is 10.1. The Bertz CT molecular complexity index is 436. The summed E-state index contributed by atoms with van der Waals surface area (Å²) in [6.45, 7) is 0.802. The van der Waals surface area contributed by atoms with Crippen LogP contribution in [0.4, 0.5) is 0 Å². The molecule has 2 aliphatic rings. The van der Waals surface area contributed by atoms with Crippen molar-refractivity contribution in [2.24, 2.45) is 11.8 Å². The van der Waals surface area contributed by atoms with E-state index in [2.05, 4.69) is 10.6 Å². The second kappa shape index (κ2) is 5.26. The van der Waals surface area contributed by atoms with Gasteiger partial charge in [-0.1, -0.05) is 0 Å². The van der Waals surface area contributed by atoms with Crippen LogP contribution < -0.4 is 10.6 Å². The highest BCUT2D eigenvalue weighted by atomic mass is 32.2. The van der Waals surface area contributed by atoms with Crippen LogP contribution in [-0.2, 0) is 19.4 Å². The van der Waals surface area contributed by atoms with E-state index in [9.17, 15) is 18.0 Å². The molecule has 2 saturated heterocycles.